The average Bonchev–Trinajstić information content (AvgIpc) is 3.04. The molecule has 0 aromatic heterocycles. The molecule has 0 bridgehead atoms. The van der Waals surface area contributed by atoms with Gasteiger partial charge in [-0.25, -0.2) is 0 Å². The number of hydrogen-bond donors (Lipinski definition) is 0. The van der Waals surface area contributed by atoms with Crippen molar-refractivity contribution in [3.8, 4) is 0 Å². The molecule has 0 unspecified atom stereocenters. The summed E-state index contributed by atoms with van der Waals surface area (Å²) in [5.41, 5.74) is 0. The quantitative estimate of drug-likeness (QED) is 0.296. The molecule has 0 N–H and O–H groups in total. The Bertz CT molecular complexity index is 306. The van der Waals surface area contributed by atoms with Gasteiger partial charge in [0.2, 0.25) is 0 Å². The topological polar surface area (TPSA) is 44.8 Å². The molecule has 2 atom stereocenters. The van der Waals surface area contributed by atoms with Crippen LogP contribution in [0.2, 0.25) is 0 Å². The lowest BCUT2D eigenvalue weighted by atomic mass is 9.99. The highest BCUT2D eigenvalue weighted by molar-refractivity contribution is 5.68. The molecule has 1 rings (SSSR count). The maximum atomic E-state index is 11.0. The van der Waals surface area contributed by atoms with Gasteiger partial charge in [0, 0.05) is 6.42 Å². The summed E-state index contributed by atoms with van der Waals surface area (Å²) < 4.78 is 16.2. The predicted molar refractivity (Wildman–Crippen MR) is 96.9 cm³/mol. The van der Waals surface area contributed by atoms with Crippen LogP contribution in [-0.4, -0.2) is 32.1 Å². The van der Waals surface area contributed by atoms with Crippen LogP contribution in [0.15, 0.2) is 0 Å². The molecule has 0 aliphatic carbocycles. The van der Waals surface area contributed by atoms with Crippen molar-refractivity contribution in [2.75, 3.05) is 13.9 Å². The molecule has 1 aliphatic rings. The minimum atomic E-state index is -0.0935. The predicted octanol–water partition coefficient (Wildman–Crippen LogP) is 5.38. The van der Waals surface area contributed by atoms with E-state index in [0.717, 1.165) is 25.7 Å². The summed E-state index contributed by atoms with van der Waals surface area (Å²) >= 11 is 0. The zero-order chi connectivity index (χ0) is 17.5. The lowest BCUT2D eigenvalue weighted by Gasteiger charge is -2.16. The third kappa shape index (κ3) is 10.3. The van der Waals surface area contributed by atoms with Crippen molar-refractivity contribution in [1.29, 1.82) is 0 Å². The van der Waals surface area contributed by atoms with Crippen LogP contribution in [-0.2, 0) is 19.0 Å². The van der Waals surface area contributed by atoms with E-state index in [0.29, 0.717) is 25.4 Å². The van der Waals surface area contributed by atoms with Gasteiger partial charge in [-0.1, -0.05) is 71.1 Å². The van der Waals surface area contributed by atoms with Crippen molar-refractivity contribution in [3.05, 3.63) is 0 Å². The van der Waals surface area contributed by atoms with Crippen LogP contribution in [0, 0.1) is 0 Å². The van der Waals surface area contributed by atoms with Gasteiger partial charge >= 0.3 is 5.97 Å². The zero-order valence-corrected chi connectivity index (χ0v) is 15.9. The molecule has 1 heterocycles. The fourth-order valence-corrected chi connectivity index (χ4v) is 3.34. The highest BCUT2D eigenvalue weighted by Gasteiger charge is 2.27. The Kier molecular flexibility index (Phi) is 13.1. The van der Waals surface area contributed by atoms with Crippen LogP contribution >= 0.6 is 0 Å². The Morgan fingerprint density at radius 1 is 0.833 bits per heavy atom. The van der Waals surface area contributed by atoms with E-state index in [9.17, 15) is 4.79 Å². The van der Waals surface area contributed by atoms with E-state index in [1.54, 1.807) is 0 Å². The van der Waals surface area contributed by atoms with Gasteiger partial charge < -0.3 is 14.2 Å². The van der Waals surface area contributed by atoms with Crippen LogP contribution in [0.25, 0.3) is 0 Å². The first-order chi connectivity index (χ1) is 11.8. The van der Waals surface area contributed by atoms with Gasteiger partial charge in [-0.3, -0.25) is 4.79 Å². The number of ether oxygens (including phenoxy) is 3. The summed E-state index contributed by atoms with van der Waals surface area (Å²) in [6, 6.07) is 0. The van der Waals surface area contributed by atoms with Crippen molar-refractivity contribution in [1.82, 2.24) is 0 Å². The number of hydrogen-bond acceptors (Lipinski definition) is 4. The molecule has 0 spiro atoms. The molecule has 1 aliphatic heterocycles. The van der Waals surface area contributed by atoms with E-state index in [1.165, 1.54) is 64.9 Å². The standard InChI is InChI=1S/C20H38O4/c1-3-4-5-6-8-11-14-18-19(24-17-23-18)15-12-9-7-10-13-16-20(21)22-2/h18-19H,3-17H2,1-2H3/t18-,19-/m1/s1. The molecular formula is C20H38O4. The summed E-state index contributed by atoms with van der Waals surface area (Å²) in [6.07, 6.45) is 17.1. The van der Waals surface area contributed by atoms with E-state index in [-0.39, 0.29) is 5.97 Å². The van der Waals surface area contributed by atoms with Crippen molar-refractivity contribution in [3.63, 3.8) is 0 Å². The van der Waals surface area contributed by atoms with Gasteiger partial charge in [0.05, 0.1) is 19.3 Å². The lowest BCUT2D eigenvalue weighted by Crippen LogP contribution is -2.22. The molecule has 0 amide bonds. The Morgan fingerprint density at radius 2 is 1.33 bits per heavy atom. The van der Waals surface area contributed by atoms with Crippen LogP contribution in [0.5, 0.6) is 0 Å². The summed E-state index contributed by atoms with van der Waals surface area (Å²) in [4.78, 5) is 11.0. The van der Waals surface area contributed by atoms with Crippen molar-refractivity contribution >= 4 is 5.97 Å². The number of carbonyl (C=O) groups is 1. The van der Waals surface area contributed by atoms with Gasteiger partial charge in [-0.15, -0.1) is 0 Å². The Labute approximate surface area is 148 Å². The van der Waals surface area contributed by atoms with E-state index in [2.05, 4.69) is 11.7 Å². The first-order valence-electron chi connectivity index (χ1n) is 10.1. The second kappa shape index (κ2) is 14.7. The third-order valence-electron chi connectivity index (χ3n) is 4.92. The molecule has 0 saturated carbocycles. The summed E-state index contributed by atoms with van der Waals surface area (Å²) in [6.45, 7) is 2.73. The Morgan fingerprint density at radius 3 is 1.88 bits per heavy atom. The van der Waals surface area contributed by atoms with Gasteiger partial charge in [-0.2, -0.15) is 0 Å². The van der Waals surface area contributed by atoms with Gasteiger partial charge in [0.15, 0.2) is 0 Å². The van der Waals surface area contributed by atoms with Gasteiger partial charge in [0.1, 0.15) is 6.79 Å². The van der Waals surface area contributed by atoms with Gasteiger partial charge in [0.25, 0.3) is 0 Å². The monoisotopic (exact) mass is 342 g/mol. The smallest absolute Gasteiger partial charge is 0.305 e. The van der Waals surface area contributed by atoms with Crippen molar-refractivity contribution < 1.29 is 19.0 Å². The van der Waals surface area contributed by atoms with Gasteiger partial charge in [-0.05, 0) is 19.3 Å². The third-order valence-corrected chi connectivity index (χ3v) is 4.92. The first-order valence-corrected chi connectivity index (χ1v) is 10.1. The van der Waals surface area contributed by atoms with E-state index in [4.69, 9.17) is 9.47 Å². The fraction of sp³-hybridized carbons (Fsp3) is 0.950. The molecule has 0 aromatic carbocycles. The Balaban J connectivity index is 1.96. The molecule has 142 valence electrons. The van der Waals surface area contributed by atoms with E-state index in [1.807, 2.05) is 0 Å². The Hall–Kier alpha value is -0.610. The number of unbranched alkanes of at least 4 members (excludes halogenated alkanes) is 9. The van der Waals surface area contributed by atoms with Crippen molar-refractivity contribution in [2.45, 2.75) is 109 Å². The number of carbonyl (C=O) groups excluding carboxylic acids is 1. The first kappa shape index (κ1) is 21.4. The molecule has 1 fully saturated rings. The molecular weight excluding hydrogens is 304 g/mol. The average molecular weight is 343 g/mol. The number of esters is 1. The molecule has 4 nitrogen and oxygen atoms in total. The van der Waals surface area contributed by atoms with Crippen LogP contribution in [0.1, 0.15) is 96.8 Å². The van der Waals surface area contributed by atoms with Crippen LogP contribution in [0.4, 0.5) is 0 Å². The lowest BCUT2D eigenvalue weighted by molar-refractivity contribution is -0.140. The number of rotatable bonds is 15. The number of methoxy groups -OCH3 is 1. The SMILES string of the molecule is CCCCCCCC[C@H]1OCO[C@@H]1CCCCCCCC(=O)OC. The van der Waals surface area contributed by atoms with E-state index < -0.39 is 0 Å². The largest absolute Gasteiger partial charge is 0.469 e. The van der Waals surface area contributed by atoms with Crippen molar-refractivity contribution in [2.24, 2.45) is 0 Å². The highest BCUT2D eigenvalue weighted by atomic mass is 16.7. The minimum absolute atomic E-state index is 0.0935. The molecule has 0 aromatic rings. The summed E-state index contributed by atoms with van der Waals surface area (Å²) in [7, 11) is 1.45. The molecule has 24 heavy (non-hydrogen) atoms. The van der Waals surface area contributed by atoms with Crippen LogP contribution < -0.4 is 0 Å². The molecule has 0 radical (unpaired) electrons. The zero-order valence-electron chi connectivity index (χ0n) is 15.9. The summed E-state index contributed by atoms with van der Waals surface area (Å²) in [5, 5.41) is 0. The minimum Gasteiger partial charge on any atom is -0.469 e. The second-order valence-corrected chi connectivity index (χ2v) is 6.97. The normalized spacial score (nSPS) is 20.4. The maximum Gasteiger partial charge on any atom is 0.305 e. The highest BCUT2D eigenvalue weighted by Crippen LogP contribution is 2.24. The fourth-order valence-electron chi connectivity index (χ4n) is 3.34. The molecule has 1 saturated heterocycles. The summed E-state index contributed by atoms with van der Waals surface area (Å²) in [5.74, 6) is -0.0935. The van der Waals surface area contributed by atoms with E-state index >= 15 is 0 Å². The maximum absolute atomic E-state index is 11.0. The molecule has 4 heteroatoms. The van der Waals surface area contributed by atoms with Crippen LogP contribution in [0.3, 0.4) is 0 Å². The second-order valence-electron chi connectivity index (χ2n) is 6.97.